The van der Waals surface area contributed by atoms with E-state index >= 15 is 0 Å². The Kier molecular flexibility index (Phi) is 56.6. The quantitative estimate of drug-likeness (QED) is 0.0343. The number of carbonyl (C=O) groups excluding carboxylic acids is 3. The van der Waals surface area contributed by atoms with Crippen molar-refractivity contribution in [3.63, 3.8) is 0 Å². The molecule has 0 saturated heterocycles. The Hall–Kier alpha value is -1.59. The van der Waals surface area contributed by atoms with E-state index in [9.17, 15) is 14.4 Å². The Bertz CT molecular complexity index is 1010. The number of hydrogen-bond acceptors (Lipinski definition) is 6. The lowest BCUT2D eigenvalue weighted by molar-refractivity contribution is -0.167. The molecule has 0 heterocycles. The molecule has 0 rings (SSSR count). The minimum Gasteiger partial charge on any atom is -0.462 e. The fourth-order valence-electron chi connectivity index (χ4n) is 9.68. The van der Waals surface area contributed by atoms with Gasteiger partial charge in [-0.2, -0.15) is 0 Å². The van der Waals surface area contributed by atoms with Crippen molar-refractivity contribution < 1.29 is 28.6 Å². The number of hydrogen-bond donors (Lipinski definition) is 0. The van der Waals surface area contributed by atoms with Crippen LogP contribution in [0.15, 0.2) is 0 Å². The van der Waals surface area contributed by atoms with Crippen molar-refractivity contribution in [1.82, 2.24) is 0 Å². The van der Waals surface area contributed by atoms with Crippen LogP contribution in [-0.4, -0.2) is 37.2 Å². The van der Waals surface area contributed by atoms with Crippen LogP contribution in [0.2, 0.25) is 0 Å². The van der Waals surface area contributed by atoms with Crippen molar-refractivity contribution in [2.45, 2.75) is 367 Å². The predicted octanol–water partition coefficient (Wildman–Crippen LogP) is 20.7. The molecule has 0 amide bonds. The zero-order valence-corrected chi connectivity index (χ0v) is 46.4. The van der Waals surface area contributed by atoms with Gasteiger partial charge in [0.2, 0.25) is 0 Å². The molecule has 404 valence electrons. The molecule has 0 spiro atoms. The van der Waals surface area contributed by atoms with Crippen molar-refractivity contribution in [1.29, 1.82) is 0 Å². The molecule has 6 nitrogen and oxygen atoms in total. The van der Waals surface area contributed by atoms with E-state index in [2.05, 4.69) is 20.8 Å². The summed E-state index contributed by atoms with van der Waals surface area (Å²) in [6, 6.07) is 0. The second kappa shape index (κ2) is 58.0. The molecule has 68 heavy (non-hydrogen) atoms. The van der Waals surface area contributed by atoms with E-state index in [1.165, 1.54) is 263 Å². The van der Waals surface area contributed by atoms with E-state index in [-0.39, 0.29) is 31.1 Å². The van der Waals surface area contributed by atoms with Gasteiger partial charge in [0.25, 0.3) is 0 Å². The molecular formula is C62H120O6. The lowest BCUT2D eigenvalue weighted by Crippen LogP contribution is -2.30. The van der Waals surface area contributed by atoms with Crippen LogP contribution in [0.4, 0.5) is 0 Å². The standard InChI is InChI=1S/C62H120O6/c1-4-7-10-13-16-19-22-25-28-30-31-32-35-37-40-43-46-49-52-55-61(64)67-58-59(57-66-60(63)54-51-48-45-42-39-36-33-27-24-21-18-15-12-9-6-3)68-62(65)56-53-50-47-44-41-38-34-29-26-23-20-17-14-11-8-5-2/h59H,4-58H2,1-3H3/t59-/m1/s1. The first kappa shape index (κ1) is 66.4. The molecule has 0 fully saturated rings. The molecule has 0 aromatic rings. The van der Waals surface area contributed by atoms with Crippen LogP contribution in [0, 0.1) is 0 Å². The number of carbonyl (C=O) groups is 3. The highest BCUT2D eigenvalue weighted by atomic mass is 16.6. The van der Waals surface area contributed by atoms with Gasteiger partial charge in [0.1, 0.15) is 13.2 Å². The summed E-state index contributed by atoms with van der Waals surface area (Å²) < 4.78 is 16.9. The molecule has 0 saturated carbocycles. The van der Waals surface area contributed by atoms with Gasteiger partial charge in [0.15, 0.2) is 6.10 Å². The van der Waals surface area contributed by atoms with Crippen molar-refractivity contribution in [2.24, 2.45) is 0 Å². The Balaban J connectivity index is 4.27. The molecule has 0 bridgehead atoms. The minimum atomic E-state index is -0.761. The fraction of sp³-hybridized carbons (Fsp3) is 0.952. The predicted molar refractivity (Wildman–Crippen MR) is 294 cm³/mol. The molecule has 0 aliphatic rings. The van der Waals surface area contributed by atoms with Crippen molar-refractivity contribution in [2.75, 3.05) is 13.2 Å². The molecule has 1 atom stereocenters. The van der Waals surface area contributed by atoms with E-state index < -0.39 is 6.10 Å². The topological polar surface area (TPSA) is 78.9 Å². The first-order valence-electron chi connectivity index (χ1n) is 31.0. The van der Waals surface area contributed by atoms with Crippen LogP contribution in [0.3, 0.4) is 0 Å². The Morgan fingerprint density at radius 3 is 0.588 bits per heavy atom. The maximum atomic E-state index is 12.9. The lowest BCUT2D eigenvalue weighted by atomic mass is 10.0. The van der Waals surface area contributed by atoms with Crippen LogP contribution in [-0.2, 0) is 28.6 Å². The third kappa shape index (κ3) is 55.3. The van der Waals surface area contributed by atoms with Gasteiger partial charge in [-0.3, -0.25) is 14.4 Å². The summed E-state index contributed by atoms with van der Waals surface area (Å²) in [6.45, 7) is 6.72. The number of ether oxygens (including phenoxy) is 3. The maximum absolute atomic E-state index is 12.9. The third-order valence-corrected chi connectivity index (χ3v) is 14.4. The smallest absolute Gasteiger partial charge is 0.306 e. The summed E-state index contributed by atoms with van der Waals surface area (Å²) in [6.07, 6.45) is 65.3. The van der Waals surface area contributed by atoms with Crippen molar-refractivity contribution >= 4 is 17.9 Å². The normalized spacial score (nSPS) is 11.9. The van der Waals surface area contributed by atoms with Crippen molar-refractivity contribution in [3.8, 4) is 0 Å². The van der Waals surface area contributed by atoms with E-state index in [4.69, 9.17) is 14.2 Å². The maximum Gasteiger partial charge on any atom is 0.306 e. The summed E-state index contributed by atoms with van der Waals surface area (Å²) in [5, 5.41) is 0. The summed E-state index contributed by atoms with van der Waals surface area (Å²) in [5.74, 6) is -0.826. The fourth-order valence-corrected chi connectivity index (χ4v) is 9.68. The lowest BCUT2D eigenvalue weighted by Gasteiger charge is -2.18. The molecule has 0 aliphatic heterocycles. The highest BCUT2D eigenvalue weighted by Crippen LogP contribution is 2.18. The second-order valence-corrected chi connectivity index (χ2v) is 21.3. The van der Waals surface area contributed by atoms with E-state index in [0.717, 1.165) is 57.8 Å². The molecule has 0 N–H and O–H groups in total. The zero-order valence-electron chi connectivity index (χ0n) is 46.4. The van der Waals surface area contributed by atoms with Crippen LogP contribution in [0.5, 0.6) is 0 Å². The highest BCUT2D eigenvalue weighted by Gasteiger charge is 2.19. The molecule has 6 heteroatoms. The van der Waals surface area contributed by atoms with Gasteiger partial charge in [0.05, 0.1) is 0 Å². The molecular weight excluding hydrogens is 841 g/mol. The monoisotopic (exact) mass is 961 g/mol. The van der Waals surface area contributed by atoms with E-state index in [1.807, 2.05) is 0 Å². The Labute approximate surface area is 425 Å². The SMILES string of the molecule is CCCCCCCCCCCCCCCCCCCCCC(=O)OC[C@@H](COC(=O)CCCCCCCCCCCCCCCCC)OC(=O)CCCCCCCCCCCCCCCCCC. The Morgan fingerprint density at radius 1 is 0.235 bits per heavy atom. The van der Waals surface area contributed by atoms with Crippen molar-refractivity contribution in [3.05, 3.63) is 0 Å². The average molecular weight is 962 g/mol. The minimum absolute atomic E-state index is 0.0606. The highest BCUT2D eigenvalue weighted by molar-refractivity contribution is 5.71. The third-order valence-electron chi connectivity index (χ3n) is 14.4. The first-order chi connectivity index (χ1) is 33.5. The van der Waals surface area contributed by atoms with Gasteiger partial charge in [-0.15, -0.1) is 0 Å². The van der Waals surface area contributed by atoms with Crippen LogP contribution in [0.1, 0.15) is 361 Å². The molecule has 0 aromatic carbocycles. The summed E-state index contributed by atoms with van der Waals surface area (Å²) in [7, 11) is 0. The van der Waals surface area contributed by atoms with E-state index in [0.29, 0.717) is 19.3 Å². The van der Waals surface area contributed by atoms with Crippen LogP contribution >= 0.6 is 0 Å². The number of rotatable bonds is 58. The summed E-state index contributed by atoms with van der Waals surface area (Å²) in [4.78, 5) is 38.2. The van der Waals surface area contributed by atoms with Gasteiger partial charge in [-0.1, -0.05) is 323 Å². The van der Waals surface area contributed by atoms with Gasteiger partial charge in [0, 0.05) is 19.3 Å². The summed E-state index contributed by atoms with van der Waals surface area (Å²) >= 11 is 0. The first-order valence-corrected chi connectivity index (χ1v) is 31.0. The zero-order chi connectivity index (χ0) is 49.3. The number of unbranched alkanes of at least 4 members (excludes halogenated alkanes) is 47. The molecule has 0 unspecified atom stereocenters. The molecule has 0 aromatic heterocycles. The summed E-state index contributed by atoms with van der Waals surface area (Å²) in [5.41, 5.74) is 0. The van der Waals surface area contributed by atoms with Crippen LogP contribution < -0.4 is 0 Å². The average Bonchev–Trinajstić information content (AvgIpc) is 3.34. The Morgan fingerprint density at radius 2 is 0.397 bits per heavy atom. The van der Waals surface area contributed by atoms with Gasteiger partial charge < -0.3 is 14.2 Å². The molecule has 0 aliphatic carbocycles. The van der Waals surface area contributed by atoms with Gasteiger partial charge >= 0.3 is 17.9 Å². The molecule has 0 radical (unpaired) electrons. The van der Waals surface area contributed by atoms with Gasteiger partial charge in [-0.25, -0.2) is 0 Å². The van der Waals surface area contributed by atoms with Gasteiger partial charge in [-0.05, 0) is 19.3 Å². The largest absolute Gasteiger partial charge is 0.462 e. The van der Waals surface area contributed by atoms with Crippen LogP contribution in [0.25, 0.3) is 0 Å². The number of esters is 3. The second-order valence-electron chi connectivity index (χ2n) is 21.3. The van der Waals surface area contributed by atoms with E-state index in [1.54, 1.807) is 0 Å².